The van der Waals surface area contributed by atoms with Crippen molar-refractivity contribution in [3.05, 3.63) is 35.8 Å². The van der Waals surface area contributed by atoms with Crippen molar-refractivity contribution in [2.75, 3.05) is 5.73 Å². The molecule has 0 bridgehead atoms. The van der Waals surface area contributed by atoms with Crippen molar-refractivity contribution < 1.29 is 4.39 Å². The van der Waals surface area contributed by atoms with Gasteiger partial charge in [0, 0.05) is 22.8 Å². The van der Waals surface area contributed by atoms with Gasteiger partial charge >= 0.3 is 0 Å². The molecule has 3 heteroatoms. The number of anilines is 1. The van der Waals surface area contributed by atoms with E-state index in [0.717, 1.165) is 23.9 Å². The van der Waals surface area contributed by atoms with Crippen LogP contribution in [-0.4, -0.2) is 4.98 Å². The number of aryl methyl sites for hydroxylation is 1. The van der Waals surface area contributed by atoms with Crippen molar-refractivity contribution >= 4 is 16.6 Å². The first-order valence-corrected chi connectivity index (χ1v) is 5.05. The maximum atomic E-state index is 13.0. The molecule has 0 aliphatic carbocycles. The minimum Gasteiger partial charge on any atom is -0.398 e. The molecule has 0 aliphatic rings. The van der Waals surface area contributed by atoms with E-state index in [9.17, 15) is 4.39 Å². The zero-order valence-corrected chi connectivity index (χ0v) is 8.63. The van der Waals surface area contributed by atoms with E-state index in [1.54, 1.807) is 6.07 Å². The number of halogens is 1. The molecule has 0 aliphatic heterocycles. The summed E-state index contributed by atoms with van der Waals surface area (Å²) in [5, 5.41) is 0.816. The van der Waals surface area contributed by atoms with Crippen LogP contribution in [-0.2, 0) is 6.42 Å². The molecule has 2 rings (SSSR count). The zero-order chi connectivity index (χ0) is 10.8. The zero-order valence-electron chi connectivity index (χ0n) is 8.63. The summed E-state index contributed by atoms with van der Waals surface area (Å²) < 4.78 is 13.0. The number of hydrogen-bond acceptors (Lipinski definition) is 2. The van der Waals surface area contributed by atoms with Crippen LogP contribution in [0, 0.1) is 5.82 Å². The van der Waals surface area contributed by atoms with Gasteiger partial charge in [0.2, 0.25) is 0 Å². The lowest BCUT2D eigenvalue weighted by Crippen LogP contribution is -1.95. The molecule has 0 radical (unpaired) electrons. The largest absolute Gasteiger partial charge is 0.398 e. The van der Waals surface area contributed by atoms with Gasteiger partial charge in [-0.05, 0) is 24.6 Å². The first-order valence-electron chi connectivity index (χ1n) is 5.05. The van der Waals surface area contributed by atoms with Gasteiger partial charge in [-0.25, -0.2) is 4.39 Å². The van der Waals surface area contributed by atoms with Crippen LogP contribution in [0.1, 0.15) is 19.0 Å². The number of nitrogens with zero attached hydrogens (tertiary/aromatic N) is 1. The number of nitrogen functional groups attached to an aromatic ring is 1. The molecule has 1 heterocycles. The number of nitrogens with two attached hydrogens (primary N) is 1. The van der Waals surface area contributed by atoms with E-state index in [1.807, 2.05) is 6.07 Å². The monoisotopic (exact) mass is 204 g/mol. The Hall–Kier alpha value is -1.64. The van der Waals surface area contributed by atoms with Crippen molar-refractivity contribution in [3.63, 3.8) is 0 Å². The second-order valence-electron chi connectivity index (χ2n) is 3.61. The molecule has 0 unspecified atom stereocenters. The summed E-state index contributed by atoms with van der Waals surface area (Å²) in [4.78, 5) is 4.37. The molecule has 1 aromatic carbocycles. The normalized spacial score (nSPS) is 10.8. The maximum Gasteiger partial charge on any atom is 0.125 e. The summed E-state index contributed by atoms with van der Waals surface area (Å²) in [6.07, 6.45) is 1.88. The van der Waals surface area contributed by atoms with E-state index in [2.05, 4.69) is 11.9 Å². The van der Waals surface area contributed by atoms with E-state index in [0.29, 0.717) is 11.2 Å². The first kappa shape index (κ1) is 9.90. The lowest BCUT2D eigenvalue weighted by Gasteiger charge is -2.05. The van der Waals surface area contributed by atoms with Crippen LogP contribution in [0.15, 0.2) is 24.3 Å². The van der Waals surface area contributed by atoms with Gasteiger partial charge in [0.15, 0.2) is 0 Å². The van der Waals surface area contributed by atoms with E-state index < -0.39 is 0 Å². The number of benzene rings is 1. The van der Waals surface area contributed by atoms with E-state index in [4.69, 9.17) is 5.73 Å². The van der Waals surface area contributed by atoms with Crippen molar-refractivity contribution in [2.24, 2.45) is 0 Å². The molecule has 2 nitrogen and oxygen atoms in total. The van der Waals surface area contributed by atoms with Crippen LogP contribution in [0.25, 0.3) is 10.9 Å². The molecule has 15 heavy (non-hydrogen) atoms. The van der Waals surface area contributed by atoms with Gasteiger partial charge in [-0.1, -0.05) is 13.3 Å². The van der Waals surface area contributed by atoms with Gasteiger partial charge in [0.25, 0.3) is 0 Å². The smallest absolute Gasteiger partial charge is 0.125 e. The van der Waals surface area contributed by atoms with Crippen LogP contribution < -0.4 is 5.73 Å². The molecule has 0 amide bonds. The van der Waals surface area contributed by atoms with Gasteiger partial charge in [-0.2, -0.15) is 0 Å². The van der Waals surface area contributed by atoms with Crippen LogP contribution >= 0.6 is 0 Å². The fourth-order valence-corrected chi connectivity index (χ4v) is 1.67. The Balaban J connectivity index is 2.63. The third-order valence-electron chi connectivity index (χ3n) is 2.36. The maximum absolute atomic E-state index is 13.0. The molecule has 0 spiro atoms. The van der Waals surface area contributed by atoms with Crippen LogP contribution in [0.4, 0.5) is 10.1 Å². The Morgan fingerprint density at radius 2 is 2.13 bits per heavy atom. The highest BCUT2D eigenvalue weighted by Crippen LogP contribution is 2.21. The van der Waals surface area contributed by atoms with E-state index in [1.165, 1.54) is 12.1 Å². The molecule has 0 saturated carbocycles. The number of rotatable bonds is 2. The number of pyridine rings is 1. The van der Waals surface area contributed by atoms with Gasteiger partial charge in [0.05, 0.1) is 5.52 Å². The molecule has 0 atom stereocenters. The predicted molar refractivity (Wildman–Crippen MR) is 60.1 cm³/mol. The van der Waals surface area contributed by atoms with Crippen molar-refractivity contribution in [3.8, 4) is 0 Å². The molecule has 0 saturated heterocycles. The summed E-state index contributed by atoms with van der Waals surface area (Å²) in [6, 6.07) is 6.36. The lowest BCUT2D eigenvalue weighted by atomic mass is 10.1. The van der Waals surface area contributed by atoms with Crippen LogP contribution in [0.3, 0.4) is 0 Å². The van der Waals surface area contributed by atoms with Gasteiger partial charge in [-0.15, -0.1) is 0 Å². The number of fused-ring (bicyclic) bond motifs is 1. The molecule has 1 aromatic heterocycles. The minimum atomic E-state index is -0.275. The molecule has 2 N–H and O–H groups in total. The quantitative estimate of drug-likeness (QED) is 0.816. The number of aromatic nitrogens is 1. The second kappa shape index (κ2) is 3.85. The SMILES string of the molecule is CCCc1cc(N)c2ccc(F)cc2n1. The summed E-state index contributed by atoms with van der Waals surface area (Å²) in [5.74, 6) is -0.275. The summed E-state index contributed by atoms with van der Waals surface area (Å²) >= 11 is 0. The molecule has 0 fully saturated rings. The Morgan fingerprint density at radius 1 is 1.33 bits per heavy atom. The highest BCUT2D eigenvalue weighted by atomic mass is 19.1. The van der Waals surface area contributed by atoms with Gasteiger partial charge in [-0.3, -0.25) is 4.98 Å². The van der Waals surface area contributed by atoms with Gasteiger partial charge < -0.3 is 5.73 Å². The van der Waals surface area contributed by atoms with Crippen molar-refractivity contribution in [1.82, 2.24) is 4.98 Å². The Morgan fingerprint density at radius 3 is 2.87 bits per heavy atom. The summed E-state index contributed by atoms with van der Waals surface area (Å²) in [6.45, 7) is 2.08. The second-order valence-corrected chi connectivity index (χ2v) is 3.61. The minimum absolute atomic E-state index is 0.275. The van der Waals surface area contributed by atoms with Gasteiger partial charge in [0.1, 0.15) is 5.82 Å². The highest BCUT2D eigenvalue weighted by molar-refractivity contribution is 5.90. The Labute approximate surface area is 87.9 Å². The van der Waals surface area contributed by atoms with E-state index in [-0.39, 0.29) is 5.82 Å². The highest BCUT2D eigenvalue weighted by Gasteiger charge is 2.03. The molecule has 78 valence electrons. The third kappa shape index (κ3) is 1.91. The predicted octanol–water partition coefficient (Wildman–Crippen LogP) is 2.91. The lowest BCUT2D eigenvalue weighted by molar-refractivity contribution is 0.629. The van der Waals surface area contributed by atoms with Crippen LogP contribution in [0.2, 0.25) is 0 Å². The molecular weight excluding hydrogens is 191 g/mol. The topological polar surface area (TPSA) is 38.9 Å². The van der Waals surface area contributed by atoms with E-state index >= 15 is 0 Å². The van der Waals surface area contributed by atoms with Crippen LogP contribution in [0.5, 0.6) is 0 Å². The standard InChI is InChI=1S/C12H13FN2/c1-2-3-9-7-11(14)10-5-4-8(13)6-12(10)15-9/h4-7H,2-3H2,1H3,(H2,14,15). The summed E-state index contributed by atoms with van der Waals surface area (Å²) in [7, 11) is 0. The summed E-state index contributed by atoms with van der Waals surface area (Å²) in [5.41, 5.74) is 8.11. The first-order chi connectivity index (χ1) is 7.20. The molecule has 2 aromatic rings. The fraction of sp³-hybridized carbons (Fsp3) is 0.250. The van der Waals surface area contributed by atoms with Crippen molar-refractivity contribution in [2.45, 2.75) is 19.8 Å². The average molecular weight is 204 g/mol. The third-order valence-corrected chi connectivity index (χ3v) is 2.36. The molecular formula is C12H13FN2. The fourth-order valence-electron chi connectivity index (χ4n) is 1.67. The van der Waals surface area contributed by atoms with Crippen molar-refractivity contribution in [1.29, 1.82) is 0 Å². The Kier molecular flexibility index (Phi) is 2.54. The Bertz CT molecular complexity index is 494. The average Bonchev–Trinajstić information content (AvgIpc) is 2.17. The number of hydrogen-bond donors (Lipinski definition) is 1.